The highest BCUT2D eigenvalue weighted by atomic mass is 32.2. The Morgan fingerprint density at radius 3 is 2.38 bits per heavy atom. The lowest BCUT2D eigenvalue weighted by Gasteiger charge is -2.12. The topological polar surface area (TPSA) is 34.9 Å². The number of rotatable bonds is 5. The van der Waals surface area contributed by atoms with Gasteiger partial charge in [0.15, 0.2) is 5.16 Å². The highest BCUT2D eigenvalue weighted by Gasteiger charge is 2.13. The predicted octanol–water partition coefficient (Wildman–Crippen LogP) is 4.59. The average Bonchev–Trinajstić information content (AvgIpc) is 2.62. The molecule has 134 valence electrons. The molecule has 3 aromatic rings. The van der Waals surface area contributed by atoms with Gasteiger partial charge in [-0.1, -0.05) is 71.4 Å². The second kappa shape index (κ2) is 7.92. The molecule has 3 nitrogen and oxygen atoms in total. The van der Waals surface area contributed by atoms with E-state index < -0.39 is 0 Å². The molecule has 2 aromatic carbocycles. The molecule has 0 bridgehead atoms. The Morgan fingerprint density at radius 1 is 0.962 bits per heavy atom. The summed E-state index contributed by atoms with van der Waals surface area (Å²) in [5.74, 6) is 0.804. The quantitative estimate of drug-likeness (QED) is 0.491. The fraction of sp³-hybridized carbons (Fsp3) is 0.273. The van der Waals surface area contributed by atoms with Gasteiger partial charge in [-0.05, 0) is 31.9 Å². The van der Waals surface area contributed by atoms with E-state index in [0.717, 1.165) is 27.7 Å². The van der Waals surface area contributed by atoms with Crippen LogP contribution in [0.5, 0.6) is 0 Å². The van der Waals surface area contributed by atoms with Gasteiger partial charge in [0.1, 0.15) is 0 Å². The van der Waals surface area contributed by atoms with E-state index >= 15 is 0 Å². The molecule has 1 heterocycles. The third-order valence-corrected chi connectivity index (χ3v) is 5.60. The zero-order valence-corrected chi connectivity index (χ0v) is 16.6. The maximum absolute atomic E-state index is 12.9. The van der Waals surface area contributed by atoms with Crippen LogP contribution in [0.15, 0.2) is 58.5 Å². The van der Waals surface area contributed by atoms with Gasteiger partial charge in [0.05, 0.1) is 0 Å². The minimum absolute atomic E-state index is 0.0461. The van der Waals surface area contributed by atoms with E-state index in [1.165, 1.54) is 16.7 Å². The molecule has 0 spiro atoms. The molecule has 0 amide bonds. The fourth-order valence-electron chi connectivity index (χ4n) is 2.92. The zero-order valence-electron chi connectivity index (χ0n) is 15.7. The molecular formula is C22H24N2OS. The van der Waals surface area contributed by atoms with Crippen LogP contribution < -0.4 is 5.56 Å². The van der Waals surface area contributed by atoms with Crippen LogP contribution in [0.4, 0.5) is 0 Å². The van der Waals surface area contributed by atoms with E-state index in [4.69, 9.17) is 4.98 Å². The van der Waals surface area contributed by atoms with Gasteiger partial charge in [-0.25, -0.2) is 4.98 Å². The molecule has 4 heteroatoms. The van der Waals surface area contributed by atoms with Crippen molar-refractivity contribution in [2.24, 2.45) is 7.05 Å². The molecule has 0 aliphatic heterocycles. The molecule has 1 aromatic heterocycles. The third-order valence-electron chi connectivity index (χ3n) is 4.50. The molecule has 0 aliphatic carbocycles. The monoisotopic (exact) mass is 364 g/mol. The van der Waals surface area contributed by atoms with Crippen molar-refractivity contribution in [2.45, 2.75) is 38.1 Å². The highest BCUT2D eigenvalue weighted by molar-refractivity contribution is 7.98. The van der Waals surface area contributed by atoms with Crippen molar-refractivity contribution in [3.05, 3.63) is 92.4 Å². The Labute approximate surface area is 159 Å². The molecule has 0 atom stereocenters. The summed E-state index contributed by atoms with van der Waals surface area (Å²) < 4.78 is 1.68. The van der Waals surface area contributed by atoms with Crippen molar-refractivity contribution in [1.82, 2.24) is 9.55 Å². The summed E-state index contributed by atoms with van der Waals surface area (Å²) in [4.78, 5) is 17.6. The largest absolute Gasteiger partial charge is 0.291 e. The van der Waals surface area contributed by atoms with Crippen LogP contribution in [0.1, 0.15) is 33.5 Å². The van der Waals surface area contributed by atoms with Crippen LogP contribution >= 0.6 is 11.8 Å². The Bertz CT molecular complexity index is 974. The molecule has 3 rings (SSSR count). The van der Waals surface area contributed by atoms with Crippen LogP contribution in [0.25, 0.3) is 0 Å². The lowest BCUT2D eigenvalue weighted by molar-refractivity contribution is 0.683. The fourth-order valence-corrected chi connectivity index (χ4v) is 3.88. The molecular weight excluding hydrogens is 340 g/mol. The van der Waals surface area contributed by atoms with Gasteiger partial charge in [0, 0.05) is 30.5 Å². The normalized spacial score (nSPS) is 10.9. The lowest BCUT2D eigenvalue weighted by atomic mass is 10.0. The van der Waals surface area contributed by atoms with Crippen LogP contribution in [0.2, 0.25) is 0 Å². The SMILES string of the molecule is Cc1ccc(Cc2c(C)nc(SCc3cccc(C)c3)n(C)c2=O)cc1. The van der Waals surface area contributed by atoms with Crippen molar-refractivity contribution >= 4 is 11.8 Å². The van der Waals surface area contributed by atoms with Crippen LogP contribution in [-0.4, -0.2) is 9.55 Å². The minimum atomic E-state index is 0.0461. The summed E-state index contributed by atoms with van der Waals surface area (Å²) in [6.07, 6.45) is 0.620. The maximum Gasteiger partial charge on any atom is 0.257 e. The first-order chi connectivity index (χ1) is 12.4. The summed E-state index contributed by atoms with van der Waals surface area (Å²) in [5.41, 5.74) is 6.49. The van der Waals surface area contributed by atoms with Gasteiger partial charge in [0.25, 0.3) is 5.56 Å². The number of aromatic nitrogens is 2. The number of nitrogens with zero attached hydrogens (tertiary/aromatic N) is 2. The van der Waals surface area contributed by atoms with Crippen molar-refractivity contribution in [3.8, 4) is 0 Å². The first-order valence-corrected chi connectivity index (χ1v) is 9.73. The summed E-state index contributed by atoms with van der Waals surface area (Å²) in [6.45, 7) is 6.09. The highest BCUT2D eigenvalue weighted by Crippen LogP contribution is 2.21. The second-order valence-corrected chi connectivity index (χ2v) is 7.71. The minimum Gasteiger partial charge on any atom is -0.291 e. The maximum atomic E-state index is 12.9. The van der Waals surface area contributed by atoms with E-state index in [1.807, 2.05) is 14.0 Å². The number of hydrogen-bond acceptors (Lipinski definition) is 3. The van der Waals surface area contributed by atoms with E-state index in [9.17, 15) is 4.79 Å². The molecule has 0 aliphatic rings. The van der Waals surface area contributed by atoms with Gasteiger partial charge < -0.3 is 0 Å². The number of hydrogen-bond donors (Lipinski definition) is 0. The Morgan fingerprint density at radius 2 is 1.69 bits per heavy atom. The van der Waals surface area contributed by atoms with E-state index in [0.29, 0.717) is 6.42 Å². The number of benzene rings is 2. The lowest BCUT2D eigenvalue weighted by Crippen LogP contribution is -2.25. The van der Waals surface area contributed by atoms with Gasteiger partial charge in [-0.15, -0.1) is 0 Å². The average molecular weight is 365 g/mol. The number of aryl methyl sites for hydroxylation is 3. The smallest absolute Gasteiger partial charge is 0.257 e. The van der Waals surface area contributed by atoms with Gasteiger partial charge in [-0.3, -0.25) is 9.36 Å². The first-order valence-electron chi connectivity index (χ1n) is 8.74. The summed E-state index contributed by atoms with van der Waals surface area (Å²) in [6, 6.07) is 16.7. The van der Waals surface area contributed by atoms with Gasteiger partial charge in [0.2, 0.25) is 0 Å². The van der Waals surface area contributed by atoms with E-state index in [1.54, 1.807) is 16.3 Å². The summed E-state index contributed by atoms with van der Waals surface area (Å²) >= 11 is 1.61. The Balaban J connectivity index is 1.83. The first kappa shape index (κ1) is 18.5. The molecule has 0 unspecified atom stereocenters. The molecule has 0 N–H and O–H groups in total. The molecule has 0 saturated carbocycles. The predicted molar refractivity (Wildman–Crippen MR) is 109 cm³/mol. The molecule has 26 heavy (non-hydrogen) atoms. The molecule has 0 fully saturated rings. The van der Waals surface area contributed by atoms with E-state index in [2.05, 4.69) is 62.4 Å². The molecule has 0 saturated heterocycles. The third kappa shape index (κ3) is 4.25. The van der Waals surface area contributed by atoms with Gasteiger partial charge >= 0.3 is 0 Å². The number of thioether (sulfide) groups is 1. The van der Waals surface area contributed by atoms with Crippen molar-refractivity contribution in [1.29, 1.82) is 0 Å². The van der Waals surface area contributed by atoms with Crippen molar-refractivity contribution in [2.75, 3.05) is 0 Å². The van der Waals surface area contributed by atoms with Crippen LogP contribution in [0.3, 0.4) is 0 Å². The standard InChI is InChI=1S/C22H24N2OS/c1-15-8-10-18(11-9-15)13-20-17(3)23-22(24(4)21(20)25)26-14-19-7-5-6-16(2)12-19/h5-12H,13-14H2,1-4H3. The second-order valence-electron chi connectivity index (χ2n) is 6.76. The van der Waals surface area contributed by atoms with E-state index in [-0.39, 0.29) is 5.56 Å². The van der Waals surface area contributed by atoms with Crippen LogP contribution in [-0.2, 0) is 19.2 Å². The Kier molecular flexibility index (Phi) is 5.62. The van der Waals surface area contributed by atoms with Crippen molar-refractivity contribution < 1.29 is 0 Å². The zero-order chi connectivity index (χ0) is 18.7. The summed E-state index contributed by atoms with van der Waals surface area (Å²) in [7, 11) is 1.81. The van der Waals surface area contributed by atoms with Crippen molar-refractivity contribution in [3.63, 3.8) is 0 Å². The Hall–Kier alpha value is -2.33. The van der Waals surface area contributed by atoms with Crippen LogP contribution in [0, 0.1) is 20.8 Å². The molecule has 0 radical (unpaired) electrons. The van der Waals surface area contributed by atoms with Gasteiger partial charge in [-0.2, -0.15) is 0 Å². The summed E-state index contributed by atoms with van der Waals surface area (Å²) in [5, 5.41) is 0.765.